The second-order valence-corrected chi connectivity index (χ2v) is 10.3. The van der Waals surface area contributed by atoms with Crippen LogP contribution < -0.4 is 10.1 Å². The Kier molecular flexibility index (Phi) is 7.25. The number of phenolic OH excluding ortho intramolecular Hbond substituents is 1. The number of anilines is 1. The molecule has 0 saturated carbocycles. The Morgan fingerprint density at radius 2 is 1.61 bits per heavy atom. The minimum atomic E-state index is -0.342. The maximum absolute atomic E-state index is 12.8. The van der Waals surface area contributed by atoms with E-state index in [4.69, 9.17) is 4.74 Å². The number of rotatable bonds is 6. The van der Waals surface area contributed by atoms with Crippen molar-refractivity contribution in [3.05, 3.63) is 58.7 Å². The minimum Gasteiger partial charge on any atom is -0.507 e. The Hall–Kier alpha value is -2.75. The quantitative estimate of drug-likeness (QED) is 0.400. The predicted octanol–water partition coefficient (Wildman–Crippen LogP) is 6.71. The Bertz CT molecular complexity index is 956. The highest BCUT2D eigenvalue weighted by atomic mass is 16.5. The summed E-state index contributed by atoms with van der Waals surface area (Å²) in [5.74, 6) is 0.810. The molecule has 0 aromatic heterocycles. The van der Waals surface area contributed by atoms with Crippen molar-refractivity contribution in [3.63, 3.8) is 0 Å². The lowest BCUT2D eigenvalue weighted by Gasteiger charge is -2.31. The highest BCUT2D eigenvalue weighted by Gasteiger charge is 2.31. The first kappa shape index (κ1) is 24.5. The summed E-state index contributed by atoms with van der Waals surface area (Å²) >= 11 is 0. The second kappa shape index (κ2) is 9.17. The van der Waals surface area contributed by atoms with Crippen LogP contribution >= 0.6 is 0 Å². The fraction of sp³-hybridized carbons (Fsp3) is 0.444. The molecular weight excluding hydrogens is 386 g/mol. The first-order chi connectivity index (χ1) is 14.3. The summed E-state index contributed by atoms with van der Waals surface area (Å²) in [7, 11) is 1.84. The third kappa shape index (κ3) is 5.90. The number of carbonyl (C=O) groups is 1. The van der Waals surface area contributed by atoms with Crippen LogP contribution in [0.25, 0.3) is 6.08 Å². The Balaban J connectivity index is 2.65. The highest BCUT2D eigenvalue weighted by molar-refractivity contribution is 6.07. The molecule has 0 atom stereocenters. The van der Waals surface area contributed by atoms with Gasteiger partial charge >= 0.3 is 0 Å². The van der Waals surface area contributed by atoms with Crippen LogP contribution in [0, 0.1) is 0 Å². The van der Waals surface area contributed by atoms with Gasteiger partial charge in [-0.15, -0.1) is 0 Å². The van der Waals surface area contributed by atoms with Crippen LogP contribution in [0.3, 0.4) is 0 Å². The van der Waals surface area contributed by atoms with E-state index in [0.29, 0.717) is 11.3 Å². The fourth-order valence-corrected chi connectivity index (χ4v) is 3.49. The number of aromatic hydroxyl groups is 1. The monoisotopic (exact) mass is 423 g/mol. The summed E-state index contributed by atoms with van der Waals surface area (Å²) in [6.45, 7) is 16.3. The van der Waals surface area contributed by atoms with Crippen LogP contribution in [0.15, 0.2) is 36.4 Å². The van der Waals surface area contributed by atoms with E-state index in [9.17, 15) is 9.90 Å². The van der Waals surface area contributed by atoms with Crippen LogP contribution in [0.5, 0.6) is 11.5 Å². The van der Waals surface area contributed by atoms with Crippen molar-refractivity contribution in [1.29, 1.82) is 0 Å². The average Bonchev–Trinajstić information content (AvgIpc) is 2.64. The average molecular weight is 424 g/mol. The number of nitrogens with one attached hydrogen (secondary N) is 1. The molecule has 2 rings (SSSR count). The number of allylic oxidation sites excluding steroid dienone is 1. The third-order valence-corrected chi connectivity index (χ3v) is 5.06. The fourth-order valence-electron chi connectivity index (χ4n) is 3.49. The number of carbonyl (C=O) groups excluding carboxylic acids is 1. The van der Waals surface area contributed by atoms with Gasteiger partial charge in [-0.2, -0.15) is 0 Å². The molecular formula is C27H37NO3. The zero-order chi connectivity index (χ0) is 23.6. The molecule has 2 N–H and O–H groups in total. The van der Waals surface area contributed by atoms with Gasteiger partial charge in [0, 0.05) is 35.0 Å². The van der Waals surface area contributed by atoms with Crippen molar-refractivity contribution < 1.29 is 14.6 Å². The van der Waals surface area contributed by atoms with Crippen molar-refractivity contribution in [2.24, 2.45) is 0 Å². The maximum Gasteiger partial charge on any atom is 0.185 e. The van der Waals surface area contributed by atoms with E-state index in [1.165, 1.54) is 0 Å². The molecule has 168 valence electrons. The van der Waals surface area contributed by atoms with Crippen LogP contribution in [0.2, 0.25) is 0 Å². The van der Waals surface area contributed by atoms with Gasteiger partial charge in [0.15, 0.2) is 5.78 Å². The van der Waals surface area contributed by atoms with Crippen LogP contribution in [0.4, 0.5) is 5.69 Å². The summed E-state index contributed by atoms with van der Waals surface area (Å²) < 4.78 is 6.19. The smallest absolute Gasteiger partial charge is 0.185 e. The van der Waals surface area contributed by atoms with E-state index in [1.54, 1.807) is 12.2 Å². The molecule has 0 amide bonds. The van der Waals surface area contributed by atoms with Crippen molar-refractivity contribution in [2.45, 2.75) is 72.3 Å². The summed E-state index contributed by atoms with van der Waals surface area (Å²) in [4.78, 5) is 12.8. The van der Waals surface area contributed by atoms with E-state index < -0.39 is 0 Å². The Morgan fingerprint density at radius 1 is 1.03 bits per heavy atom. The van der Waals surface area contributed by atoms with E-state index in [0.717, 1.165) is 22.4 Å². The summed E-state index contributed by atoms with van der Waals surface area (Å²) in [5, 5.41) is 14.3. The van der Waals surface area contributed by atoms with Crippen molar-refractivity contribution >= 4 is 17.5 Å². The molecule has 0 heterocycles. The highest BCUT2D eigenvalue weighted by Crippen LogP contribution is 2.46. The van der Waals surface area contributed by atoms with Gasteiger partial charge in [-0.3, -0.25) is 4.79 Å². The first-order valence-electron chi connectivity index (χ1n) is 10.8. The molecule has 4 nitrogen and oxygen atoms in total. The standard InChI is InChI=1S/C27H37NO3/c1-17(2)31-25-19(12-15-22(29)18-10-13-20(28-9)14-11-18)16-21(26(3,4)5)24(30)23(25)27(6,7)8/h10-17,28,30H,1-9H3/b15-12-. The minimum absolute atomic E-state index is 0.0714. The zero-order valence-corrected chi connectivity index (χ0v) is 20.4. The molecule has 2 aromatic carbocycles. The molecule has 0 fully saturated rings. The molecule has 0 saturated heterocycles. The van der Waals surface area contributed by atoms with Crippen molar-refractivity contribution in [3.8, 4) is 11.5 Å². The summed E-state index contributed by atoms with van der Waals surface area (Å²) in [5.41, 5.74) is 3.35. The van der Waals surface area contributed by atoms with E-state index in [-0.39, 0.29) is 28.5 Å². The molecule has 0 spiro atoms. The third-order valence-electron chi connectivity index (χ3n) is 5.06. The van der Waals surface area contributed by atoms with Gasteiger partial charge in [0.1, 0.15) is 11.5 Å². The number of benzene rings is 2. The van der Waals surface area contributed by atoms with Crippen molar-refractivity contribution in [1.82, 2.24) is 0 Å². The van der Waals surface area contributed by atoms with Gasteiger partial charge in [-0.1, -0.05) is 41.5 Å². The lowest BCUT2D eigenvalue weighted by atomic mass is 9.77. The normalized spacial score (nSPS) is 12.5. The Morgan fingerprint density at radius 3 is 2.06 bits per heavy atom. The van der Waals surface area contributed by atoms with E-state index in [2.05, 4.69) is 46.9 Å². The predicted molar refractivity (Wildman–Crippen MR) is 131 cm³/mol. The summed E-state index contributed by atoms with van der Waals surface area (Å²) in [6, 6.07) is 9.31. The molecule has 31 heavy (non-hydrogen) atoms. The van der Waals surface area contributed by atoms with Gasteiger partial charge in [0.25, 0.3) is 0 Å². The SMILES string of the molecule is CNc1ccc(C(=O)/C=C\c2cc(C(C)(C)C)c(O)c(C(C)(C)C)c2OC(C)C)cc1. The molecule has 4 heteroatoms. The van der Waals surface area contributed by atoms with Crippen LogP contribution in [0.1, 0.15) is 82.4 Å². The van der Waals surface area contributed by atoms with Crippen LogP contribution in [-0.4, -0.2) is 24.0 Å². The molecule has 0 aliphatic heterocycles. The first-order valence-corrected chi connectivity index (χ1v) is 10.8. The van der Waals surface area contributed by atoms with E-state index in [1.807, 2.05) is 51.2 Å². The van der Waals surface area contributed by atoms with Gasteiger partial charge < -0.3 is 15.2 Å². The Labute approximate surface area is 187 Å². The lowest BCUT2D eigenvalue weighted by molar-refractivity contribution is 0.104. The van der Waals surface area contributed by atoms with Crippen molar-refractivity contribution in [2.75, 3.05) is 12.4 Å². The van der Waals surface area contributed by atoms with E-state index >= 15 is 0 Å². The number of ether oxygens (including phenoxy) is 1. The van der Waals surface area contributed by atoms with Gasteiger partial charge in [0.05, 0.1) is 6.10 Å². The molecule has 0 aliphatic carbocycles. The molecule has 0 unspecified atom stereocenters. The number of phenols is 1. The second-order valence-electron chi connectivity index (χ2n) is 10.3. The molecule has 0 aliphatic rings. The van der Waals surface area contributed by atoms with Gasteiger partial charge in [-0.25, -0.2) is 0 Å². The number of hydrogen-bond donors (Lipinski definition) is 2. The molecule has 0 bridgehead atoms. The maximum atomic E-state index is 12.8. The number of hydrogen-bond acceptors (Lipinski definition) is 4. The molecule has 2 aromatic rings. The zero-order valence-electron chi connectivity index (χ0n) is 20.4. The number of ketones is 1. The largest absolute Gasteiger partial charge is 0.507 e. The summed E-state index contributed by atoms with van der Waals surface area (Å²) in [6.07, 6.45) is 3.31. The van der Waals surface area contributed by atoms with Crippen LogP contribution in [-0.2, 0) is 10.8 Å². The van der Waals surface area contributed by atoms with Gasteiger partial charge in [-0.05, 0) is 67.2 Å². The van der Waals surface area contributed by atoms with Gasteiger partial charge in [0.2, 0.25) is 0 Å². The lowest BCUT2D eigenvalue weighted by Crippen LogP contribution is -2.21. The topological polar surface area (TPSA) is 58.6 Å². The molecule has 0 radical (unpaired) electrons.